The van der Waals surface area contributed by atoms with E-state index in [0.717, 1.165) is 0 Å². The summed E-state index contributed by atoms with van der Waals surface area (Å²) in [5.41, 5.74) is 0.0729. The molecule has 2 nitrogen and oxygen atoms in total. The maximum Gasteiger partial charge on any atom is 0.220 e. The molecule has 0 unspecified atom stereocenters. The number of hydrogen-bond acceptors (Lipinski definition) is 1. The van der Waals surface area contributed by atoms with Crippen molar-refractivity contribution in [3.8, 4) is 0 Å². The molecule has 1 aromatic heterocycles. The number of aromatic nitrogens is 1. The monoisotopic (exact) mass is 126 g/mol. The van der Waals surface area contributed by atoms with Crippen molar-refractivity contribution >= 4 is 0 Å². The van der Waals surface area contributed by atoms with E-state index in [1.165, 1.54) is 0 Å². The maximum absolute atomic E-state index is 5.11. The van der Waals surface area contributed by atoms with Gasteiger partial charge in [0, 0.05) is 26.8 Å². The van der Waals surface area contributed by atoms with Crippen molar-refractivity contribution in [1.82, 2.24) is 0 Å². The predicted molar refractivity (Wildman–Crippen MR) is 33.9 cm³/mol. The van der Waals surface area contributed by atoms with Gasteiger partial charge in [-0.15, -0.1) is 0 Å². The van der Waals surface area contributed by atoms with E-state index in [9.17, 15) is 0 Å². The van der Waals surface area contributed by atoms with Gasteiger partial charge in [-0.25, -0.2) is 4.52 Å². The second-order valence-electron chi connectivity index (χ2n) is 3.08. The first kappa shape index (κ1) is 6.33. The van der Waals surface area contributed by atoms with Gasteiger partial charge in [0.05, 0.1) is 0 Å². The standard InChI is InChI=1S/C7H12NO/c1-7(2,3)8-5-4-6-9-8/h4-6H,1-3H3/q+1. The van der Waals surface area contributed by atoms with Crippen molar-refractivity contribution in [2.75, 3.05) is 0 Å². The lowest BCUT2D eigenvalue weighted by Crippen LogP contribution is -2.47. The average molecular weight is 126 g/mol. The van der Waals surface area contributed by atoms with Crippen LogP contribution in [0.1, 0.15) is 20.8 Å². The normalized spacial score (nSPS) is 11.9. The summed E-state index contributed by atoms with van der Waals surface area (Å²) in [6.45, 7) is 6.28. The van der Waals surface area contributed by atoms with Gasteiger partial charge in [-0.2, -0.15) is 0 Å². The van der Waals surface area contributed by atoms with Crippen LogP contribution in [0.3, 0.4) is 0 Å². The van der Waals surface area contributed by atoms with E-state index >= 15 is 0 Å². The van der Waals surface area contributed by atoms with Crippen LogP contribution in [-0.2, 0) is 5.54 Å². The van der Waals surface area contributed by atoms with Crippen molar-refractivity contribution in [2.24, 2.45) is 0 Å². The van der Waals surface area contributed by atoms with Crippen LogP contribution in [-0.4, -0.2) is 0 Å². The third-order valence-electron chi connectivity index (χ3n) is 1.14. The minimum Gasteiger partial charge on any atom is -0.244 e. The Morgan fingerprint density at radius 2 is 2.00 bits per heavy atom. The van der Waals surface area contributed by atoms with Crippen LogP contribution in [0.2, 0.25) is 0 Å². The van der Waals surface area contributed by atoms with Crippen molar-refractivity contribution in [1.29, 1.82) is 0 Å². The molecule has 0 N–H and O–H groups in total. The highest BCUT2D eigenvalue weighted by Gasteiger charge is 2.24. The van der Waals surface area contributed by atoms with Gasteiger partial charge in [-0.3, -0.25) is 0 Å². The van der Waals surface area contributed by atoms with Gasteiger partial charge in [0.2, 0.25) is 11.7 Å². The molecule has 0 spiro atoms. The third kappa shape index (κ3) is 1.31. The topological polar surface area (TPSA) is 17.0 Å². The minimum absolute atomic E-state index is 0.0729. The van der Waals surface area contributed by atoms with E-state index in [-0.39, 0.29) is 5.54 Å². The molecule has 0 aliphatic carbocycles. The summed E-state index contributed by atoms with van der Waals surface area (Å²) in [6.07, 6.45) is 3.59. The first-order valence-electron chi connectivity index (χ1n) is 3.07. The molecular weight excluding hydrogens is 114 g/mol. The zero-order valence-electron chi connectivity index (χ0n) is 6.09. The Morgan fingerprint density at radius 3 is 2.22 bits per heavy atom. The summed E-state index contributed by atoms with van der Waals surface area (Å²) in [5.74, 6) is 0. The Morgan fingerprint density at radius 1 is 1.33 bits per heavy atom. The average Bonchev–Trinajstić information content (AvgIpc) is 2.08. The summed E-state index contributed by atoms with van der Waals surface area (Å²) >= 11 is 0. The predicted octanol–water partition coefficient (Wildman–Crippen LogP) is 1.32. The first-order valence-corrected chi connectivity index (χ1v) is 3.07. The highest BCUT2D eigenvalue weighted by atomic mass is 16.5. The van der Waals surface area contributed by atoms with Gasteiger partial charge in [0.1, 0.15) is 0 Å². The minimum atomic E-state index is 0.0729. The van der Waals surface area contributed by atoms with Crippen molar-refractivity contribution in [3.63, 3.8) is 0 Å². The fourth-order valence-electron chi connectivity index (χ4n) is 0.631. The Balaban J connectivity index is 2.90. The summed E-state index contributed by atoms with van der Waals surface area (Å²) in [5, 5.41) is 0. The summed E-state index contributed by atoms with van der Waals surface area (Å²) in [7, 11) is 0. The smallest absolute Gasteiger partial charge is 0.220 e. The van der Waals surface area contributed by atoms with E-state index in [1.54, 1.807) is 6.26 Å². The van der Waals surface area contributed by atoms with Gasteiger partial charge in [0.25, 0.3) is 0 Å². The van der Waals surface area contributed by atoms with Crippen LogP contribution in [0.5, 0.6) is 0 Å². The molecule has 0 aromatic carbocycles. The number of hydrogen-bond donors (Lipinski definition) is 0. The number of rotatable bonds is 0. The lowest BCUT2D eigenvalue weighted by Gasteiger charge is -2.04. The zero-order chi connectivity index (χ0) is 6.91. The second-order valence-corrected chi connectivity index (χ2v) is 3.08. The second kappa shape index (κ2) is 1.87. The fraction of sp³-hybridized carbons (Fsp3) is 0.571. The molecule has 0 saturated heterocycles. The van der Waals surface area contributed by atoms with E-state index in [4.69, 9.17) is 4.52 Å². The van der Waals surface area contributed by atoms with E-state index < -0.39 is 0 Å². The van der Waals surface area contributed by atoms with Gasteiger partial charge in [0.15, 0.2) is 6.26 Å². The highest BCUT2D eigenvalue weighted by molar-refractivity contribution is 4.65. The molecule has 0 atom stereocenters. The molecule has 1 rings (SSSR count). The molecule has 1 heterocycles. The van der Waals surface area contributed by atoms with Gasteiger partial charge >= 0.3 is 0 Å². The Labute approximate surface area is 55.1 Å². The first-order chi connectivity index (χ1) is 4.11. The van der Waals surface area contributed by atoms with E-state index in [0.29, 0.717) is 0 Å². The Bertz CT molecular complexity index is 171. The Kier molecular flexibility index (Phi) is 1.31. The molecule has 0 aliphatic heterocycles. The highest BCUT2D eigenvalue weighted by Crippen LogP contribution is 2.01. The van der Waals surface area contributed by atoms with Crippen LogP contribution in [0.25, 0.3) is 0 Å². The van der Waals surface area contributed by atoms with Crippen LogP contribution in [0, 0.1) is 0 Å². The van der Waals surface area contributed by atoms with E-state index in [1.807, 2.05) is 17.0 Å². The van der Waals surface area contributed by atoms with Crippen LogP contribution < -0.4 is 4.74 Å². The molecule has 0 bridgehead atoms. The zero-order valence-corrected chi connectivity index (χ0v) is 6.09. The lowest BCUT2D eigenvalue weighted by molar-refractivity contribution is -0.906. The van der Waals surface area contributed by atoms with E-state index in [2.05, 4.69) is 20.8 Å². The molecule has 9 heavy (non-hydrogen) atoms. The van der Waals surface area contributed by atoms with Gasteiger partial charge < -0.3 is 0 Å². The van der Waals surface area contributed by atoms with Gasteiger partial charge in [-0.05, 0) is 4.74 Å². The van der Waals surface area contributed by atoms with Gasteiger partial charge in [-0.1, -0.05) is 0 Å². The van der Waals surface area contributed by atoms with Crippen molar-refractivity contribution in [3.05, 3.63) is 18.5 Å². The Hall–Kier alpha value is -0.790. The summed E-state index contributed by atoms with van der Waals surface area (Å²) in [4.78, 5) is 0. The summed E-state index contributed by atoms with van der Waals surface area (Å²) < 4.78 is 6.93. The molecule has 50 valence electrons. The fourth-order valence-corrected chi connectivity index (χ4v) is 0.631. The van der Waals surface area contributed by atoms with Crippen LogP contribution in [0.15, 0.2) is 23.0 Å². The van der Waals surface area contributed by atoms with Crippen LogP contribution in [0.4, 0.5) is 0 Å². The molecular formula is C7H12NO+. The molecule has 1 aromatic rings. The summed E-state index contributed by atoms with van der Waals surface area (Å²) in [6, 6.07) is 1.88. The van der Waals surface area contributed by atoms with Crippen molar-refractivity contribution < 1.29 is 9.26 Å². The number of nitrogens with zero attached hydrogens (tertiary/aromatic N) is 1. The largest absolute Gasteiger partial charge is 0.244 e. The molecule has 0 saturated carbocycles. The molecule has 2 heteroatoms. The quantitative estimate of drug-likeness (QED) is 0.479. The maximum atomic E-state index is 5.11. The third-order valence-corrected chi connectivity index (χ3v) is 1.14. The molecule has 0 aliphatic rings. The molecule has 0 radical (unpaired) electrons. The van der Waals surface area contributed by atoms with Crippen molar-refractivity contribution in [2.45, 2.75) is 26.3 Å². The molecule has 0 fully saturated rings. The molecule has 0 amide bonds. The lowest BCUT2D eigenvalue weighted by atomic mass is 10.1. The SMILES string of the molecule is CC(C)(C)[n+]1ccco1. The van der Waals surface area contributed by atoms with Crippen LogP contribution >= 0.6 is 0 Å².